The number of hydrogen-bond donors (Lipinski definition) is 1. The highest BCUT2D eigenvalue weighted by Crippen LogP contribution is 2.27. The fraction of sp³-hybridized carbons (Fsp3) is 0.478. The van der Waals surface area contributed by atoms with Crippen LogP contribution in [-0.4, -0.2) is 10.5 Å². The van der Waals surface area contributed by atoms with Crippen molar-refractivity contribution in [3.63, 3.8) is 0 Å². The van der Waals surface area contributed by atoms with Crippen molar-refractivity contribution in [2.45, 2.75) is 66.7 Å². The van der Waals surface area contributed by atoms with Crippen molar-refractivity contribution in [3.05, 3.63) is 59.6 Å². The van der Waals surface area contributed by atoms with Gasteiger partial charge in [-0.3, -0.25) is 9.59 Å². The molecule has 5 heteroatoms. The zero-order valence-corrected chi connectivity index (χ0v) is 20.0. The zero-order valence-electron chi connectivity index (χ0n) is 17.8. The lowest BCUT2D eigenvalue weighted by molar-refractivity contribution is 0.102. The first kappa shape index (κ1) is 22.7. The minimum absolute atomic E-state index is 0.124. The summed E-state index contributed by atoms with van der Waals surface area (Å²) >= 11 is 2.31. The highest BCUT2D eigenvalue weighted by atomic mass is 127. The Balaban J connectivity index is 2.66. The summed E-state index contributed by atoms with van der Waals surface area (Å²) in [6.45, 7) is 10.2. The van der Waals surface area contributed by atoms with Crippen molar-refractivity contribution in [1.29, 1.82) is 0 Å². The predicted molar refractivity (Wildman–Crippen MR) is 126 cm³/mol. The van der Waals surface area contributed by atoms with Crippen LogP contribution < -0.4 is 10.7 Å². The Bertz CT molecular complexity index is 920. The summed E-state index contributed by atoms with van der Waals surface area (Å²) in [4.78, 5) is 26.5. The van der Waals surface area contributed by atoms with Crippen LogP contribution in [0.4, 0.5) is 5.69 Å². The highest BCUT2D eigenvalue weighted by molar-refractivity contribution is 14.1. The molecule has 0 radical (unpaired) electrons. The number of amides is 1. The molecule has 0 aliphatic heterocycles. The number of nitrogens with zero attached hydrogens (tertiary/aromatic N) is 1. The third-order valence-electron chi connectivity index (χ3n) is 5.47. The normalized spacial score (nSPS) is 11.0. The van der Waals surface area contributed by atoms with Crippen molar-refractivity contribution in [3.8, 4) is 0 Å². The molecule has 1 heterocycles. The van der Waals surface area contributed by atoms with Crippen molar-refractivity contribution >= 4 is 34.2 Å². The summed E-state index contributed by atoms with van der Waals surface area (Å²) in [5.41, 5.74) is 5.74. The van der Waals surface area contributed by atoms with Gasteiger partial charge in [0.25, 0.3) is 5.91 Å². The van der Waals surface area contributed by atoms with Gasteiger partial charge in [-0.2, -0.15) is 0 Å². The monoisotopic (exact) mass is 494 g/mol. The lowest BCUT2D eigenvalue weighted by atomic mass is 9.99. The number of halogens is 1. The van der Waals surface area contributed by atoms with Crippen LogP contribution in [0.5, 0.6) is 0 Å². The lowest BCUT2D eigenvalue weighted by Gasteiger charge is -2.20. The number of aryl methyl sites for hydroxylation is 2. The molecule has 1 N–H and O–H groups in total. The molecular formula is C23H31IN2O2. The van der Waals surface area contributed by atoms with Gasteiger partial charge in [0.05, 0.1) is 0 Å². The Morgan fingerprint density at radius 1 is 1.07 bits per heavy atom. The largest absolute Gasteiger partial charge is 0.351 e. The summed E-state index contributed by atoms with van der Waals surface area (Å²) in [7, 11) is 1.95. The van der Waals surface area contributed by atoms with Gasteiger partial charge in [0.15, 0.2) is 5.43 Å². The van der Waals surface area contributed by atoms with Crippen LogP contribution >= 0.6 is 22.6 Å². The topological polar surface area (TPSA) is 51.1 Å². The second-order valence-corrected chi connectivity index (χ2v) is 8.38. The standard InChI is InChI=1S/C23H31IN2O2/c1-7-11-19-20(22(27)18(10-4)14(5)26(19)6)23(28)25-21-15(8-2)12-17(24)13-16(21)9-3/h12-13H,7-11H2,1-6H3,(H,25,28). The van der Waals surface area contributed by atoms with Gasteiger partial charge in [-0.05, 0) is 78.5 Å². The van der Waals surface area contributed by atoms with Gasteiger partial charge < -0.3 is 9.88 Å². The number of anilines is 1. The molecule has 2 rings (SSSR count). The maximum atomic E-state index is 13.4. The van der Waals surface area contributed by atoms with Crippen LogP contribution in [0.3, 0.4) is 0 Å². The van der Waals surface area contributed by atoms with Gasteiger partial charge in [0.2, 0.25) is 0 Å². The minimum atomic E-state index is -0.288. The first-order valence-electron chi connectivity index (χ1n) is 10.1. The van der Waals surface area contributed by atoms with Gasteiger partial charge >= 0.3 is 0 Å². The SMILES string of the molecule is CCCc1c(C(=O)Nc2c(CC)cc(I)cc2CC)c(=O)c(CC)c(C)n1C. The van der Waals surface area contributed by atoms with Crippen LogP contribution in [0.25, 0.3) is 0 Å². The maximum absolute atomic E-state index is 13.4. The van der Waals surface area contributed by atoms with E-state index >= 15 is 0 Å². The second-order valence-electron chi connectivity index (χ2n) is 7.14. The third kappa shape index (κ3) is 4.34. The Morgan fingerprint density at radius 3 is 2.11 bits per heavy atom. The average Bonchev–Trinajstić information content (AvgIpc) is 2.67. The Kier molecular flexibility index (Phi) is 7.87. The molecule has 0 saturated heterocycles. The molecule has 1 aromatic carbocycles. The first-order chi connectivity index (χ1) is 13.3. The number of hydrogen-bond acceptors (Lipinski definition) is 2. The molecule has 4 nitrogen and oxygen atoms in total. The van der Waals surface area contributed by atoms with E-state index in [2.05, 4.69) is 60.8 Å². The average molecular weight is 494 g/mol. The van der Waals surface area contributed by atoms with Crippen molar-refractivity contribution < 1.29 is 4.79 Å². The molecule has 0 aliphatic rings. The van der Waals surface area contributed by atoms with E-state index in [-0.39, 0.29) is 11.3 Å². The van der Waals surface area contributed by atoms with E-state index in [0.717, 1.165) is 56.6 Å². The number of carbonyl (C=O) groups is 1. The molecule has 0 atom stereocenters. The first-order valence-corrected chi connectivity index (χ1v) is 11.2. The third-order valence-corrected chi connectivity index (χ3v) is 6.09. The minimum Gasteiger partial charge on any atom is -0.351 e. The molecular weight excluding hydrogens is 463 g/mol. The lowest BCUT2D eigenvalue weighted by Crippen LogP contribution is -2.31. The molecule has 0 unspecified atom stereocenters. The van der Waals surface area contributed by atoms with E-state index in [4.69, 9.17) is 0 Å². The van der Waals surface area contributed by atoms with Crippen molar-refractivity contribution in [2.24, 2.45) is 7.05 Å². The van der Waals surface area contributed by atoms with E-state index in [1.165, 1.54) is 0 Å². The molecule has 152 valence electrons. The summed E-state index contributed by atoms with van der Waals surface area (Å²) in [6, 6.07) is 4.21. The smallest absolute Gasteiger partial charge is 0.261 e. The van der Waals surface area contributed by atoms with Gasteiger partial charge in [-0.15, -0.1) is 0 Å². The molecule has 0 aliphatic carbocycles. The predicted octanol–water partition coefficient (Wildman–Crippen LogP) is 5.19. The van der Waals surface area contributed by atoms with Crippen LogP contribution in [0.1, 0.15) is 72.6 Å². The van der Waals surface area contributed by atoms with Crippen LogP contribution in [0, 0.1) is 10.5 Å². The van der Waals surface area contributed by atoms with Crippen LogP contribution in [0.2, 0.25) is 0 Å². The fourth-order valence-electron chi connectivity index (χ4n) is 3.82. The quantitative estimate of drug-likeness (QED) is 0.539. The van der Waals surface area contributed by atoms with E-state index < -0.39 is 0 Å². The molecule has 0 spiro atoms. The molecule has 0 bridgehead atoms. The maximum Gasteiger partial charge on any atom is 0.261 e. The van der Waals surface area contributed by atoms with Crippen LogP contribution in [-0.2, 0) is 32.7 Å². The van der Waals surface area contributed by atoms with E-state index in [1.807, 2.05) is 25.5 Å². The van der Waals surface area contributed by atoms with Crippen molar-refractivity contribution in [2.75, 3.05) is 5.32 Å². The van der Waals surface area contributed by atoms with E-state index in [0.29, 0.717) is 18.4 Å². The highest BCUT2D eigenvalue weighted by Gasteiger charge is 2.23. The van der Waals surface area contributed by atoms with E-state index in [1.54, 1.807) is 0 Å². The van der Waals surface area contributed by atoms with Gasteiger partial charge in [-0.1, -0.05) is 34.1 Å². The van der Waals surface area contributed by atoms with Gasteiger partial charge in [0.1, 0.15) is 5.56 Å². The summed E-state index contributed by atoms with van der Waals surface area (Å²) in [5, 5.41) is 3.11. The fourth-order valence-corrected chi connectivity index (χ4v) is 4.57. The summed E-state index contributed by atoms with van der Waals surface area (Å²) < 4.78 is 3.18. The Morgan fingerprint density at radius 2 is 1.64 bits per heavy atom. The number of benzene rings is 1. The summed E-state index contributed by atoms with van der Waals surface area (Å²) in [5.74, 6) is -0.288. The zero-order chi connectivity index (χ0) is 21.0. The van der Waals surface area contributed by atoms with E-state index in [9.17, 15) is 9.59 Å². The number of rotatable bonds is 7. The molecule has 0 saturated carbocycles. The van der Waals surface area contributed by atoms with Crippen molar-refractivity contribution in [1.82, 2.24) is 4.57 Å². The number of pyridine rings is 1. The second kappa shape index (κ2) is 9.72. The van der Waals surface area contributed by atoms with Gasteiger partial charge in [0, 0.05) is 33.3 Å². The summed E-state index contributed by atoms with van der Waals surface area (Å²) in [6.07, 6.45) is 3.85. The number of nitrogens with one attached hydrogen (secondary N) is 1. The number of carbonyl (C=O) groups excluding carboxylic acids is 1. The van der Waals surface area contributed by atoms with Crippen LogP contribution in [0.15, 0.2) is 16.9 Å². The molecule has 1 aromatic heterocycles. The van der Waals surface area contributed by atoms with Gasteiger partial charge in [-0.25, -0.2) is 0 Å². The Labute approximate surface area is 181 Å². The molecule has 2 aromatic rings. The molecule has 1 amide bonds. The molecule has 28 heavy (non-hydrogen) atoms. The Hall–Kier alpha value is -1.63. The molecule has 0 fully saturated rings. The number of aromatic nitrogens is 1.